The average molecular weight is 464 g/mol. The number of hydrogen-bond donors (Lipinski definition) is 0. The third-order valence-corrected chi connectivity index (χ3v) is 23.1. The molecule has 0 N–H and O–H groups in total. The second-order valence-corrected chi connectivity index (χ2v) is 21.7. The normalized spacial score (nSPS) is 22.1. The van der Waals surface area contributed by atoms with Crippen LogP contribution < -0.4 is 24.8 Å². The second kappa shape index (κ2) is 6.03. The van der Waals surface area contributed by atoms with Crippen molar-refractivity contribution in [1.82, 2.24) is 0 Å². The predicted molar refractivity (Wildman–Crippen MR) is 71.8 cm³/mol. The van der Waals surface area contributed by atoms with E-state index in [9.17, 15) is 0 Å². The zero-order valence-electron chi connectivity index (χ0n) is 12.2. The Hall–Kier alpha value is 0.410. The van der Waals surface area contributed by atoms with Crippen molar-refractivity contribution in [3.8, 4) is 0 Å². The van der Waals surface area contributed by atoms with E-state index in [0.29, 0.717) is 0 Å². The Balaban J connectivity index is 0.000000902. The van der Waals surface area contributed by atoms with Gasteiger partial charge in [0.25, 0.3) is 0 Å². The molecule has 19 heavy (non-hydrogen) atoms. The number of allylic oxidation sites excluding steroid dienone is 8. The quantitative estimate of drug-likeness (QED) is 0.473. The van der Waals surface area contributed by atoms with Crippen molar-refractivity contribution in [3.63, 3.8) is 0 Å². The molecule has 3 heteroatoms. The average Bonchev–Trinajstić information content (AvgIpc) is 2.93. The van der Waals surface area contributed by atoms with Gasteiger partial charge in [0.05, 0.1) is 0 Å². The summed E-state index contributed by atoms with van der Waals surface area (Å²) >= 11 is -2.11. The maximum atomic E-state index is 2.47. The van der Waals surface area contributed by atoms with E-state index in [-0.39, 0.29) is 24.8 Å². The van der Waals surface area contributed by atoms with E-state index >= 15 is 0 Å². The van der Waals surface area contributed by atoms with Crippen molar-refractivity contribution in [2.24, 2.45) is 0 Å². The van der Waals surface area contributed by atoms with E-state index in [2.05, 4.69) is 39.8 Å². The SMILES string of the molecule is CC1=CC[C]([Hf+2]2([C]3=C(C)C(C)=CC3)[CH2][CH2]2)=C1C.[Cl-].[Cl-]. The molecule has 0 nitrogen and oxygen atoms in total. The van der Waals surface area contributed by atoms with Gasteiger partial charge in [0, 0.05) is 0 Å². The molecule has 3 aliphatic rings. The summed E-state index contributed by atoms with van der Waals surface area (Å²) in [6.45, 7) is 9.34. The molecule has 0 spiro atoms. The molecule has 104 valence electrons. The van der Waals surface area contributed by atoms with Gasteiger partial charge in [-0.25, -0.2) is 0 Å². The molecule has 0 amide bonds. The van der Waals surface area contributed by atoms with Crippen LogP contribution in [0.5, 0.6) is 0 Å². The summed E-state index contributed by atoms with van der Waals surface area (Å²) in [6.07, 6.45) is 7.54. The van der Waals surface area contributed by atoms with Gasteiger partial charge < -0.3 is 24.8 Å². The summed E-state index contributed by atoms with van der Waals surface area (Å²) in [5, 5.41) is 0. The first-order valence-electron chi connectivity index (χ1n) is 6.81. The molecule has 0 atom stereocenters. The van der Waals surface area contributed by atoms with Crippen LogP contribution in [0, 0.1) is 0 Å². The maximum absolute atomic E-state index is 2.47. The van der Waals surface area contributed by atoms with Crippen molar-refractivity contribution in [3.05, 3.63) is 41.1 Å². The van der Waals surface area contributed by atoms with Gasteiger partial charge in [0.15, 0.2) is 0 Å². The molecule has 0 radical (unpaired) electrons. The minimum absolute atomic E-state index is 0. The largest absolute Gasteiger partial charge is 1.00 e. The Labute approximate surface area is 134 Å². The van der Waals surface area contributed by atoms with Crippen LogP contribution in [0.1, 0.15) is 40.5 Å². The van der Waals surface area contributed by atoms with Crippen LogP contribution in [0.4, 0.5) is 0 Å². The minimum atomic E-state index is -2.11. The zero-order chi connectivity index (χ0) is 12.2. The Bertz CT molecular complexity index is 473. The van der Waals surface area contributed by atoms with Gasteiger partial charge in [-0.15, -0.1) is 0 Å². The monoisotopic (exact) mass is 464 g/mol. The third kappa shape index (κ3) is 2.63. The van der Waals surface area contributed by atoms with Gasteiger partial charge in [-0.05, 0) is 0 Å². The summed E-state index contributed by atoms with van der Waals surface area (Å²) < 4.78 is 7.11. The van der Waals surface area contributed by atoms with E-state index < -0.39 is 20.0 Å². The number of rotatable bonds is 2. The van der Waals surface area contributed by atoms with Crippen LogP contribution in [0.25, 0.3) is 0 Å². The van der Waals surface area contributed by atoms with Gasteiger partial charge in [-0.3, -0.25) is 0 Å². The fourth-order valence-corrected chi connectivity index (χ4v) is 27.6. The Morgan fingerprint density at radius 1 is 0.737 bits per heavy atom. The van der Waals surface area contributed by atoms with Crippen molar-refractivity contribution in [2.75, 3.05) is 0 Å². The zero-order valence-corrected chi connectivity index (χ0v) is 17.3. The topological polar surface area (TPSA) is 0 Å². The molecule has 0 aromatic rings. The fourth-order valence-electron chi connectivity index (χ4n) is 3.62. The summed E-state index contributed by atoms with van der Waals surface area (Å²) in [5.74, 6) is 0. The van der Waals surface area contributed by atoms with Crippen molar-refractivity contribution >= 4 is 0 Å². The third-order valence-electron chi connectivity index (χ3n) is 5.22. The molecule has 0 bridgehead atoms. The van der Waals surface area contributed by atoms with Crippen LogP contribution in [0.15, 0.2) is 41.1 Å². The molecule has 1 heterocycles. The number of hydrogen-bond acceptors (Lipinski definition) is 0. The van der Waals surface area contributed by atoms with E-state index in [4.69, 9.17) is 0 Å². The summed E-state index contributed by atoms with van der Waals surface area (Å²) in [5.41, 5.74) is 6.47. The van der Waals surface area contributed by atoms with Crippen LogP contribution in [0.2, 0.25) is 8.35 Å². The Morgan fingerprint density at radius 3 is 1.32 bits per heavy atom. The van der Waals surface area contributed by atoms with Crippen LogP contribution in [0.3, 0.4) is 0 Å². The molecular formula is C16H22Cl2Hf. The fraction of sp³-hybridized carbons (Fsp3) is 0.500. The molecule has 1 saturated heterocycles. The second-order valence-electron chi connectivity index (χ2n) is 5.97. The molecule has 0 aromatic carbocycles. The predicted octanol–water partition coefficient (Wildman–Crippen LogP) is -0.753. The van der Waals surface area contributed by atoms with Crippen LogP contribution in [-0.2, 0) is 20.0 Å². The molecule has 2 aliphatic carbocycles. The summed E-state index contributed by atoms with van der Waals surface area (Å²) in [6, 6.07) is 0. The molecule has 0 unspecified atom stereocenters. The van der Waals surface area contributed by atoms with Crippen molar-refractivity contribution in [1.29, 1.82) is 0 Å². The van der Waals surface area contributed by atoms with Crippen molar-refractivity contribution in [2.45, 2.75) is 48.9 Å². The summed E-state index contributed by atoms with van der Waals surface area (Å²) in [4.78, 5) is 0. The number of halogens is 2. The first kappa shape index (κ1) is 17.5. The van der Waals surface area contributed by atoms with Gasteiger partial charge in [0.1, 0.15) is 0 Å². The standard InChI is InChI=1S/2C7H9.C2H4.2ClH.Hf/c2*1-6-4-3-5-7(6)2;1-2;;;/h2*4H,3H2,1-2H3;1-2H2;2*1H;/q;;;;;+2/p-2. The van der Waals surface area contributed by atoms with Gasteiger partial charge in [0.2, 0.25) is 0 Å². The molecule has 0 aromatic heterocycles. The van der Waals surface area contributed by atoms with Gasteiger partial charge in [-0.1, -0.05) is 0 Å². The molecular weight excluding hydrogens is 442 g/mol. The van der Waals surface area contributed by atoms with E-state index in [1.165, 1.54) is 12.8 Å². The van der Waals surface area contributed by atoms with Crippen molar-refractivity contribution < 1.29 is 44.8 Å². The van der Waals surface area contributed by atoms with Gasteiger partial charge >= 0.3 is 110 Å². The Kier molecular flexibility index (Phi) is 5.55. The molecule has 1 aliphatic heterocycles. The first-order valence-corrected chi connectivity index (χ1v) is 15.5. The van der Waals surface area contributed by atoms with E-state index in [1.807, 2.05) is 6.66 Å². The van der Waals surface area contributed by atoms with E-state index in [0.717, 1.165) is 0 Å². The smallest absolute Gasteiger partial charge is 1.00 e. The molecule has 1 fully saturated rings. The first-order chi connectivity index (χ1) is 8.06. The molecule has 3 rings (SSSR count). The Morgan fingerprint density at radius 2 is 1.11 bits per heavy atom. The minimum Gasteiger partial charge on any atom is -1.00 e. The van der Waals surface area contributed by atoms with Crippen LogP contribution in [-0.4, -0.2) is 0 Å². The van der Waals surface area contributed by atoms with Gasteiger partial charge in [-0.2, -0.15) is 0 Å². The van der Waals surface area contributed by atoms with E-state index in [1.54, 1.807) is 30.6 Å². The summed E-state index contributed by atoms with van der Waals surface area (Å²) in [7, 11) is 0. The van der Waals surface area contributed by atoms with Crippen LogP contribution >= 0.6 is 0 Å². The maximum Gasteiger partial charge on any atom is -1.00 e. The molecule has 0 saturated carbocycles.